The first-order valence-corrected chi connectivity index (χ1v) is 16.2. The Bertz CT molecular complexity index is 1690. The van der Waals surface area contributed by atoms with Crippen LogP contribution in [0.2, 0.25) is 0 Å². The number of rotatable bonds is 13. The van der Waals surface area contributed by atoms with Crippen molar-refractivity contribution >= 4 is 47.3 Å². The number of hydrogen-bond acceptors (Lipinski definition) is 10. The van der Waals surface area contributed by atoms with Crippen LogP contribution in [0.3, 0.4) is 0 Å². The molecule has 2 atom stereocenters. The first-order chi connectivity index (χ1) is 22.7. The molecule has 0 bridgehead atoms. The predicted octanol–water partition coefficient (Wildman–Crippen LogP) is 5.58. The first-order valence-electron chi connectivity index (χ1n) is 15.1. The third kappa shape index (κ3) is 6.87. The van der Waals surface area contributed by atoms with Crippen molar-refractivity contribution in [3.63, 3.8) is 0 Å². The van der Waals surface area contributed by atoms with Crippen molar-refractivity contribution in [1.82, 2.24) is 4.90 Å². The average molecular weight is 656 g/mol. The van der Waals surface area contributed by atoms with E-state index in [9.17, 15) is 29.3 Å². The van der Waals surface area contributed by atoms with Crippen molar-refractivity contribution < 1.29 is 33.6 Å². The summed E-state index contributed by atoms with van der Waals surface area (Å²) >= 11 is 1.24. The fraction of sp³-hybridized carbons (Fsp3) is 0.286. The lowest BCUT2D eigenvalue weighted by atomic mass is 9.80. The molecule has 0 radical (unpaired) electrons. The van der Waals surface area contributed by atoms with Crippen molar-refractivity contribution in [3.8, 4) is 0 Å². The SMILES string of the molecule is CCCCC(=O)[C@]1(N=Cc2ccc([N+](=O)[O-])cc2)C(=O)N2C(C(=O)OC(c3ccccc3)c3ccccc3)=C(COC(C)=O)CS[C@@H]21. The highest BCUT2D eigenvalue weighted by Gasteiger charge is 2.68. The third-order valence-electron chi connectivity index (χ3n) is 7.90. The second-order valence-electron chi connectivity index (χ2n) is 11.1. The maximum atomic E-state index is 14.3. The van der Waals surface area contributed by atoms with Crippen LogP contribution in [0.25, 0.3) is 0 Å². The number of aliphatic imine (C=N–C) groups is 1. The van der Waals surface area contributed by atoms with E-state index in [1.54, 1.807) is 0 Å². The molecule has 0 aliphatic carbocycles. The Morgan fingerprint density at radius 2 is 1.66 bits per heavy atom. The van der Waals surface area contributed by atoms with Crippen LogP contribution < -0.4 is 0 Å². The summed E-state index contributed by atoms with van der Waals surface area (Å²) in [5, 5.41) is 10.2. The lowest BCUT2D eigenvalue weighted by molar-refractivity contribution is -0.384. The molecule has 1 saturated heterocycles. The number of nitro groups is 1. The second-order valence-corrected chi connectivity index (χ2v) is 12.1. The summed E-state index contributed by atoms with van der Waals surface area (Å²) in [4.78, 5) is 70.3. The van der Waals surface area contributed by atoms with E-state index in [-0.39, 0.29) is 35.9 Å². The average Bonchev–Trinajstić information content (AvgIpc) is 3.09. The Labute approximate surface area is 275 Å². The maximum absolute atomic E-state index is 14.3. The molecule has 3 aromatic carbocycles. The van der Waals surface area contributed by atoms with Gasteiger partial charge in [-0.15, -0.1) is 11.8 Å². The molecule has 0 saturated carbocycles. The number of amides is 1. The number of Topliss-reactive ketones (excluding diaryl/α,β-unsaturated/α-hetero) is 1. The van der Waals surface area contributed by atoms with Crippen LogP contribution in [0.5, 0.6) is 0 Å². The highest BCUT2D eigenvalue weighted by atomic mass is 32.2. The normalized spacial score (nSPS) is 18.9. The van der Waals surface area contributed by atoms with Crippen LogP contribution in [0, 0.1) is 10.1 Å². The number of unbranched alkanes of at least 4 members (excludes halogenated alkanes) is 1. The Balaban J connectivity index is 1.53. The van der Waals surface area contributed by atoms with Gasteiger partial charge in [0.15, 0.2) is 11.9 Å². The molecule has 0 spiro atoms. The molecule has 2 aliphatic heterocycles. The number of benzene rings is 3. The van der Waals surface area contributed by atoms with Crippen LogP contribution in [-0.2, 0) is 28.7 Å². The largest absolute Gasteiger partial charge is 0.461 e. The number of carbonyl (C=O) groups excluding carboxylic acids is 4. The number of ketones is 1. The number of thioether (sulfide) groups is 1. The zero-order chi connectivity index (χ0) is 33.6. The van der Waals surface area contributed by atoms with Gasteiger partial charge < -0.3 is 9.47 Å². The van der Waals surface area contributed by atoms with E-state index in [2.05, 4.69) is 4.99 Å². The molecule has 0 N–H and O–H groups in total. The zero-order valence-corrected chi connectivity index (χ0v) is 26.7. The predicted molar refractivity (Wildman–Crippen MR) is 176 cm³/mol. The molecule has 3 aromatic rings. The van der Waals surface area contributed by atoms with E-state index in [1.807, 2.05) is 67.6 Å². The summed E-state index contributed by atoms with van der Waals surface area (Å²) in [5.41, 5.74) is 0.241. The highest BCUT2D eigenvalue weighted by molar-refractivity contribution is 8.00. The Morgan fingerprint density at radius 1 is 1.04 bits per heavy atom. The molecule has 5 rings (SSSR count). The van der Waals surface area contributed by atoms with Gasteiger partial charge in [0.2, 0.25) is 5.54 Å². The molecular formula is C35H33N3O8S. The number of carbonyl (C=O) groups is 4. The minimum Gasteiger partial charge on any atom is -0.461 e. The zero-order valence-electron chi connectivity index (χ0n) is 25.9. The number of nitro benzene ring substituents is 1. The molecule has 2 aliphatic rings. The second kappa shape index (κ2) is 14.5. The van der Waals surface area contributed by atoms with Gasteiger partial charge in [0.25, 0.3) is 11.6 Å². The monoisotopic (exact) mass is 655 g/mol. The maximum Gasteiger partial charge on any atom is 0.356 e. The fourth-order valence-corrected chi connectivity index (χ4v) is 6.94. The minimum atomic E-state index is -1.82. The van der Waals surface area contributed by atoms with Crippen molar-refractivity contribution in [1.29, 1.82) is 0 Å². The molecule has 1 fully saturated rings. The highest BCUT2D eigenvalue weighted by Crippen LogP contribution is 2.50. The number of fused-ring (bicyclic) bond motifs is 1. The van der Waals surface area contributed by atoms with Gasteiger partial charge in [-0.3, -0.25) is 34.4 Å². The van der Waals surface area contributed by atoms with Crippen molar-refractivity contribution in [2.24, 2.45) is 4.99 Å². The fourth-order valence-electron chi connectivity index (χ4n) is 5.47. The van der Waals surface area contributed by atoms with Gasteiger partial charge in [-0.25, -0.2) is 4.79 Å². The van der Waals surface area contributed by atoms with Crippen LogP contribution >= 0.6 is 11.8 Å². The number of hydrogen-bond donors (Lipinski definition) is 0. The lowest BCUT2D eigenvalue weighted by Crippen LogP contribution is -2.76. The van der Waals surface area contributed by atoms with E-state index >= 15 is 0 Å². The Hall–Kier alpha value is -5.10. The summed E-state index contributed by atoms with van der Waals surface area (Å²) in [7, 11) is 0. The molecule has 0 unspecified atom stereocenters. The van der Waals surface area contributed by atoms with E-state index in [4.69, 9.17) is 9.47 Å². The van der Waals surface area contributed by atoms with E-state index in [0.29, 0.717) is 35.1 Å². The smallest absolute Gasteiger partial charge is 0.356 e. The van der Waals surface area contributed by atoms with Crippen molar-refractivity contribution in [2.75, 3.05) is 12.4 Å². The molecule has 242 valence electrons. The first kappa shape index (κ1) is 33.3. The quantitative estimate of drug-likeness (QED) is 0.0576. The molecule has 0 aromatic heterocycles. The lowest BCUT2D eigenvalue weighted by Gasteiger charge is -2.54. The standard InChI is InChI=1S/C35H33N3O8S/c1-3-4-15-29(40)35(36-20-24-16-18-28(19-17-24)38(43)44)33(42)37-30(27(21-45-23(2)39)22-47-34(35)37)32(41)46-31(25-11-7-5-8-12-25)26-13-9-6-10-14-26/h5-14,16-20,31,34H,3-4,15,21-22H2,1-2H3/t34-,35+/m1/s1. The van der Waals surface area contributed by atoms with Crippen LogP contribution in [0.15, 0.2) is 101 Å². The van der Waals surface area contributed by atoms with Gasteiger partial charge in [-0.05, 0) is 35.2 Å². The van der Waals surface area contributed by atoms with Crippen LogP contribution in [0.4, 0.5) is 5.69 Å². The molecular weight excluding hydrogens is 622 g/mol. The number of non-ortho nitro benzene ring substituents is 1. The van der Waals surface area contributed by atoms with Gasteiger partial charge in [-0.1, -0.05) is 74.0 Å². The number of ether oxygens (including phenoxy) is 2. The summed E-state index contributed by atoms with van der Waals surface area (Å²) in [6, 6.07) is 23.9. The van der Waals surface area contributed by atoms with Crippen molar-refractivity contribution in [3.05, 3.63) is 123 Å². The van der Waals surface area contributed by atoms with E-state index < -0.39 is 39.8 Å². The topological polar surface area (TPSA) is 145 Å². The Morgan fingerprint density at radius 3 is 2.21 bits per heavy atom. The Kier molecular flexibility index (Phi) is 10.3. The van der Waals surface area contributed by atoms with Gasteiger partial charge >= 0.3 is 11.9 Å². The van der Waals surface area contributed by atoms with Crippen LogP contribution in [0.1, 0.15) is 55.9 Å². The van der Waals surface area contributed by atoms with Gasteiger partial charge in [0, 0.05) is 43.0 Å². The van der Waals surface area contributed by atoms with Crippen molar-refractivity contribution in [2.45, 2.75) is 50.1 Å². The van der Waals surface area contributed by atoms with Gasteiger partial charge in [-0.2, -0.15) is 0 Å². The molecule has 1 amide bonds. The summed E-state index contributed by atoms with van der Waals surface area (Å²) in [6.45, 7) is 2.93. The van der Waals surface area contributed by atoms with E-state index in [1.165, 1.54) is 54.1 Å². The van der Waals surface area contributed by atoms with Gasteiger partial charge in [0.05, 0.1) is 4.92 Å². The number of nitrogens with zero attached hydrogens (tertiary/aromatic N) is 3. The summed E-state index contributed by atoms with van der Waals surface area (Å²) in [6.07, 6.45) is 1.90. The summed E-state index contributed by atoms with van der Waals surface area (Å²) in [5.74, 6) is -2.28. The minimum absolute atomic E-state index is 0.0821. The molecule has 11 nitrogen and oxygen atoms in total. The van der Waals surface area contributed by atoms with Gasteiger partial charge in [0.1, 0.15) is 17.7 Å². The number of esters is 2. The van der Waals surface area contributed by atoms with Crippen LogP contribution in [-0.4, -0.2) is 62.9 Å². The third-order valence-corrected chi connectivity index (χ3v) is 9.29. The summed E-state index contributed by atoms with van der Waals surface area (Å²) < 4.78 is 11.4. The van der Waals surface area contributed by atoms with E-state index in [0.717, 1.165) is 0 Å². The number of β-lactam (4-membered cyclic amide) rings is 1. The molecule has 47 heavy (non-hydrogen) atoms. The molecule has 12 heteroatoms. The molecule has 2 heterocycles.